The minimum absolute atomic E-state index is 0.0742. The van der Waals surface area contributed by atoms with E-state index < -0.39 is 16.4 Å². The summed E-state index contributed by atoms with van der Waals surface area (Å²) in [5.41, 5.74) is 0.681. The Kier molecular flexibility index (Phi) is 5.90. The highest BCUT2D eigenvalue weighted by Crippen LogP contribution is 2.69. The summed E-state index contributed by atoms with van der Waals surface area (Å²) in [6, 6.07) is 0. The third-order valence-corrected chi connectivity index (χ3v) is 12.0. The van der Waals surface area contributed by atoms with Crippen LogP contribution < -0.4 is 0 Å². The first-order chi connectivity index (χ1) is 16.0. The summed E-state index contributed by atoms with van der Waals surface area (Å²) in [5.74, 6) is 1.20. The number of carbonyl (C=O) groups is 2. The van der Waals surface area contributed by atoms with E-state index >= 15 is 0 Å². The lowest BCUT2D eigenvalue weighted by Crippen LogP contribution is -2.67. The van der Waals surface area contributed by atoms with Gasteiger partial charge in [0.1, 0.15) is 6.10 Å². The molecule has 2 N–H and O–H groups in total. The standard InChI is InChI=1S/C28H39ClO5/c1-15-12-22(34-25(33)18(15)14-30)16(2)19-7-8-20-17-13-24(32)28(29)10-5-6-23(31)27(28,4)21(17)9-11-26(19,20)3/h5-6,16-17,19-22,24,30,32H,7-14H2,1-4H3/t16-,17-,19+,20-,21-,22+,24+,26+,27-,28-/m0/s1. The molecule has 1 aliphatic heterocycles. The van der Waals surface area contributed by atoms with E-state index in [1.807, 2.05) is 19.9 Å². The van der Waals surface area contributed by atoms with Crippen LogP contribution in [0.5, 0.6) is 0 Å². The number of allylic oxidation sites excluding steroid dienone is 2. The van der Waals surface area contributed by atoms with Crippen LogP contribution in [-0.2, 0) is 14.3 Å². The summed E-state index contributed by atoms with van der Waals surface area (Å²) in [6.07, 6.45) is 8.66. The molecule has 0 amide bonds. The molecule has 188 valence electrons. The van der Waals surface area contributed by atoms with Gasteiger partial charge >= 0.3 is 5.97 Å². The van der Waals surface area contributed by atoms with Crippen LogP contribution in [0.4, 0.5) is 0 Å². The van der Waals surface area contributed by atoms with Gasteiger partial charge in [0.2, 0.25) is 0 Å². The van der Waals surface area contributed by atoms with Crippen LogP contribution in [0.25, 0.3) is 0 Å². The number of fused-ring (bicyclic) bond motifs is 5. The molecule has 6 heteroatoms. The van der Waals surface area contributed by atoms with Gasteiger partial charge < -0.3 is 14.9 Å². The Labute approximate surface area is 208 Å². The predicted octanol–water partition coefficient (Wildman–Crippen LogP) is 4.58. The zero-order valence-corrected chi connectivity index (χ0v) is 21.6. The highest BCUT2D eigenvalue weighted by Gasteiger charge is 2.69. The maximum atomic E-state index is 13.3. The molecule has 3 saturated carbocycles. The SMILES string of the molecule is CC1=C(CO)C(=O)O[C@@H]([C@@H](C)[C@H]2CC[C@H]3[C@@H]4C[C@@H](O)[C@@]5(Cl)CC=CC(=O)[C@]5(C)[C@H]4CC[C@]23C)C1. The molecule has 0 unspecified atom stereocenters. The van der Waals surface area contributed by atoms with Gasteiger partial charge in [-0.3, -0.25) is 4.79 Å². The van der Waals surface area contributed by atoms with E-state index in [0.29, 0.717) is 36.7 Å². The number of hydrogen-bond acceptors (Lipinski definition) is 5. The average Bonchev–Trinajstić information content (AvgIpc) is 3.13. The zero-order valence-electron chi connectivity index (χ0n) is 20.9. The second-order valence-electron chi connectivity index (χ2n) is 12.3. The van der Waals surface area contributed by atoms with Gasteiger partial charge in [-0.05, 0) is 86.5 Å². The number of hydrogen-bond donors (Lipinski definition) is 2. The van der Waals surface area contributed by atoms with Crippen molar-refractivity contribution in [2.75, 3.05) is 6.61 Å². The number of halogens is 1. The molecular formula is C28H39ClO5. The first-order valence-electron chi connectivity index (χ1n) is 13.1. The van der Waals surface area contributed by atoms with Crippen molar-refractivity contribution in [3.8, 4) is 0 Å². The maximum absolute atomic E-state index is 13.3. The predicted molar refractivity (Wildman–Crippen MR) is 130 cm³/mol. The summed E-state index contributed by atoms with van der Waals surface area (Å²) in [7, 11) is 0. The van der Waals surface area contributed by atoms with E-state index in [-0.39, 0.29) is 47.6 Å². The molecule has 34 heavy (non-hydrogen) atoms. The number of rotatable bonds is 3. The minimum atomic E-state index is -0.913. The molecule has 0 aromatic rings. The minimum Gasteiger partial charge on any atom is -0.458 e. The van der Waals surface area contributed by atoms with Gasteiger partial charge in [0, 0.05) is 6.42 Å². The van der Waals surface area contributed by atoms with Crippen LogP contribution in [0.3, 0.4) is 0 Å². The molecule has 1 heterocycles. The third-order valence-electron chi connectivity index (χ3n) is 11.2. The summed E-state index contributed by atoms with van der Waals surface area (Å²) < 4.78 is 5.83. The second kappa shape index (κ2) is 8.18. The lowest BCUT2D eigenvalue weighted by Gasteiger charge is -2.63. The second-order valence-corrected chi connectivity index (χ2v) is 13.0. The molecule has 0 aromatic heterocycles. The van der Waals surface area contributed by atoms with Crippen molar-refractivity contribution in [3.63, 3.8) is 0 Å². The lowest BCUT2D eigenvalue weighted by molar-refractivity contribution is -0.162. The van der Waals surface area contributed by atoms with Crippen molar-refractivity contribution in [2.24, 2.45) is 40.4 Å². The number of ketones is 1. The summed E-state index contributed by atoms with van der Waals surface area (Å²) >= 11 is 7.10. The number of carbonyl (C=O) groups excluding carboxylic acids is 2. The fourth-order valence-corrected chi connectivity index (χ4v) is 9.60. The lowest BCUT2D eigenvalue weighted by atomic mass is 9.44. The Morgan fingerprint density at radius 2 is 1.94 bits per heavy atom. The number of aliphatic hydroxyl groups is 2. The number of esters is 1. The van der Waals surface area contributed by atoms with Crippen molar-refractivity contribution in [3.05, 3.63) is 23.3 Å². The van der Waals surface area contributed by atoms with Crippen LogP contribution >= 0.6 is 11.6 Å². The van der Waals surface area contributed by atoms with Gasteiger partial charge in [0.25, 0.3) is 0 Å². The number of aliphatic hydroxyl groups excluding tert-OH is 2. The first-order valence-corrected chi connectivity index (χ1v) is 13.4. The summed E-state index contributed by atoms with van der Waals surface area (Å²) in [5, 5.41) is 20.8. The quantitative estimate of drug-likeness (QED) is 0.446. The van der Waals surface area contributed by atoms with Crippen LogP contribution in [0, 0.1) is 40.4 Å². The molecule has 0 aromatic carbocycles. The Hall–Kier alpha value is -1.17. The van der Waals surface area contributed by atoms with Gasteiger partial charge in [0.15, 0.2) is 5.78 Å². The van der Waals surface area contributed by atoms with Crippen LogP contribution in [0.1, 0.15) is 72.6 Å². The normalized spacial score (nSPS) is 49.3. The molecule has 0 spiro atoms. The largest absolute Gasteiger partial charge is 0.458 e. The Balaban J connectivity index is 1.42. The fourth-order valence-electron chi connectivity index (χ4n) is 9.18. The van der Waals surface area contributed by atoms with Crippen molar-refractivity contribution in [1.29, 1.82) is 0 Å². The Morgan fingerprint density at radius 3 is 2.62 bits per heavy atom. The number of cyclic esters (lactones) is 1. The van der Waals surface area contributed by atoms with Crippen LogP contribution in [-0.4, -0.2) is 45.7 Å². The van der Waals surface area contributed by atoms with E-state index in [1.165, 1.54) is 0 Å². The number of ether oxygens (including phenoxy) is 1. The molecule has 0 saturated heterocycles. The maximum Gasteiger partial charge on any atom is 0.336 e. The molecule has 10 atom stereocenters. The summed E-state index contributed by atoms with van der Waals surface area (Å²) in [6.45, 7) is 8.28. The van der Waals surface area contributed by atoms with Gasteiger partial charge in [-0.25, -0.2) is 4.79 Å². The number of alkyl halides is 1. The average molecular weight is 491 g/mol. The smallest absolute Gasteiger partial charge is 0.336 e. The molecule has 4 aliphatic carbocycles. The first kappa shape index (κ1) is 24.5. The van der Waals surface area contributed by atoms with E-state index in [1.54, 1.807) is 6.08 Å². The topological polar surface area (TPSA) is 83.8 Å². The molecule has 0 bridgehead atoms. The Morgan fingerprint density at radius 1 is 1.21 bits per heavy atom. The molecule has 5 nitrogen and oxygen atoms in total. The molecular weight excluding hydrogens is 452 g/mol. The van der Waals surface area contributed by atoms with Crippen molar-refractivity contribution in [2.45, 2.75) is 89.7 Å². The van der Waals surface area contributed by atoms with Crippen LogP contribution in [0.2, 0.25) is 0 Å². The van der Waals surface area contributed by atoms with Crippen LogP contribution in [0.15, 0.2) is 23.3 Å². The van der Waals surface area contributed by atoms with E-state index in [4.69, 9.17) is 16.3 Å². The fraction of sp³-hybridized carbons (Fsp3) is 0.786. The van der Waals surface area contributed by atoms with Crippen molar-refractivity contribution < 1.29 is 24.5 Å². The van der Waals surface area contributed by atoms with E-state index in [9.17, 15) is 19.8 Å². The van der Waals surface area contributed by atoms with Gasteiger partial charge in [-0.2, -0.15) is 0 Å². The van der Waals surface area contributed by atoms with E-state index in [0.717, 1.165) is 31.3 Å². The van der Waals surface area contributed by atoms with Gasteiger partial charge in [-0.15, -0.1) is 11.6 Å². The summed E-state index contributed by atoms with van der Waals surface area (Å²) in [4.78, 5) is 24.8. The molecule has 0 radical (unpaired) electrons. The molecule has 5 rings (SSSR count). The monoisotopic (exact) mass is 490 g/mol. The van der Waals surface area contributed by atoms with Gasteiger partial charge in [-0.1, -0.05) is 32.4 Å². The highest BCUT2D eigenvalue weighted by atomic mass is 35.5. The molecule has 5 aliphatic rings. The van der Waals surface area contributed by atoms with E-state index in [2.05, 4.69) is 13.8 Å². The van der Waals surface area contributed by atoms with Crippen molar-refractivity contribution >= 4 is 23.4 Å². The Bertz CT molecular complexity index is 956. The van der Waals surface area contributed by atoms with Crippen molar-refractivity contribution in [1.82, 2.24) is 0 Å². The third kappa shape index (κ3) is 3.12. The molecule has 3 fully saturated rings. The highest BCUT2D eigenvalue weighted by molar-refractivity contribution is 6.28. The van der Waals surface area contributed by atoms with Gasteiger partial charge in [0.05, 0.1) is 28.6 Å². The zero-order chi connectivity index (χ0) is 24.6.